The van der Waals surface area contributed by atoms with E-state index in [4.69, 9.17) is 0 Å². The number of rotatable bonds is 6. The number of halogens is 3. The Kier molecular flexibility index (Phi) is 5.81. The minimum absolute atomic E-state index is 0.0135. The molecule has 0 bridgehead atoms. The lowest BCUT2D eigenvalue weighted by Gasteiger charge is -2.13. The third kappa shape index (κ3) is 4.65. The Bertz CT molecular complexity index is 1590. The number of Topliss-reactive ketones (excluding diaryl/α,β-unsaturated/α-hetero) is 1. The number of aromatic amines is 1. The van der Waals surface area contributed by atoms with Crippen molar-refractivity contribution in [2.45, 2.75) is 11.5 Å². The van der Waals surface area contributed by atoms with Gasteiger partial charge in [-0.05, 0) is 30.3 Å². The molecular formula is C25H16F3N3O3S. The maximum atomic E-state index is 13.5. The van der Waals surface area contributed by atoms with Crippen molar-refractivity contribution in [1.29, 1.82) is 0 Å². The maximum absolute atomic E-state index is 13.5. The Morgan fingerprint density at radius 2 is 1.66 bits per heavy atom. The van der Waals surface area contributed by atoms with Gasteiger partial charge < -0.3 is 9.72 Å². The normalized spacial score (nSPS) is 11.7. The predicted molar refractivity (Wildman–Crippen MR) is 127 cm³/mol. The van der Waals surface area contributed by atoms with Crippen LogP contribution in [0.4, 0.5) is 13.2 Å². The molecule has 0 aliphatic heterocycles. The average Bonchev–Trinajstić information content (AvgIpc) is 3.22. The minimum Gasteiger partial charge on any atom is -0.406 e. The average molecular weight is 495 g/mol. The number of nitrogens with one attached hydrogen (secondary N) is 1. The van der Waals surface area contributed by atoms with Crippen molar-refractivity contribution < 1.29 is 22.7 Å². The molecule has 5 rings (SSSR count). The van der Waals surface area contributed by atoms with Gasteiger partial charge in [-0.15, -0.1) is 13.2 Å². The largest absolute Gasteiger partial charge is 0.573 e. The van der Waals surface area contributed by atoms with Gasteiger partial charge in [-0.1, -0.05) is 60.3 Å². The van der Waals surface area contributed by atoms with Gasteiger partial charge in [0.05, 0.1) is 11.4 Å². The van der Waals surface area contributed by atoms with E-state index in [0.29, 0.717) is 11.1 Å². The van der Waals surface area contributed by atoms with Crippen molar-refractivity contribution in [3.05, 3.63) is 94.8 Å². The molecule has 1 N–H and O–H groups in total. The first-order valence-electron chi connectivity index (χ1n) is 10.4. The molecule has 0 aliphatic carbocycles. The van der Waals surface area contributed by atoms with Gasteiger partial charge in [0.2, 0.25) is 0 Å². The molecule has 0 saturated heterocycles. The van der Waals surface area contributed by atoms with Gasteiger partial charge in [0.15, 0.2) is 10.9 Å². The number of carbonyl (C=O) groups excluding carboxylic acids is 1. The molecule has 0 aliphatic rings. The quantitative estimate of drug-likeness (QED) is 0.185. The Morgan fingerprint density at radius 1 is 0.971 bits per heavy atom. The lowest BCUT2D eigenvalue weighted by molar-refractivity contribution is -0.274. The van der Waals surface area contributed by atoms with E-state index in [9.17, 15) is 22.8 Å². The van der Waals surface area contributed by atoms with Crippen LogP contribution in [0, 0.1) is 0 Å². The number of fused-ring (bicyclic) bond motifs is 3. The molecule has 2 aromatic heterocycles. The van der Waals surface area contributed by atoms with Gasteiger partial charge in [0.25, 0.3) is 5.56 Å². The fourth-order valence-electron chi connectivity index (χ4n) is 3.70. The van der Waals surface area contributed by atoms with E-state index in [2.05, 4.69) is 14.7 Å². The second kappa shape index (κ2) is 8.95. The van der Waals surface area contributed by atoms with Crippen molar-refractivity contribution in [2.24, 2.45) is 0 Å². The van der Waals surface area contributed by atoms with Gasteiger partial charge >= 0.3 is 6.36 Å². The number of hydrogen-bond donors (Lipinski definition) is 1. The number of aromatic nitrogens is 3. The number of ketones is 1. The zero-order valence-electron chi connectivity index (χ0n) is 17.9. The van der Waals surface area contributed by atoms with Crippen LogP contribution in [-0.4, -0.2) is 32.4 Å². The monoisotopic (exact) mass is 495 g/mol. The van der Waals surface area contributed by atoms with Crippen molar-refractivity contribution in [3.8, 4) is 11.4 Å². The number of carbonyl (C=O) groups is 1. The molecule has 35 heavy (non-hydrogen) atoms. The number of H-pyrrole nitrogens is 1. The summed E-state index contributed by atoms with van der Waals surface area (Å²) in [5.74, 6) is -0.550. The Hall–Kier alpha value is -4.05. The first-order valence-corrected chi connectivity index (χ1v) is 11.4. The van der Waals surface area contributed by atoms with Crippen LogP contribution < -0.4 is 10.3 Å². The molecule has 0 atom stereocenters. The highest BCUT2D eigenvalue weighted by atomic mass is 32.2. The number of ether oxygens (including phenoxy) is 1. The van der Waals surface area contributed by atoms with Crippen LogP contribution in [0.2, 0.25) is 0 Å². The SMILES string of the molecule is O=C(CSc1nc2c([nH]c3ccccc32)c(=O)n1-c1ccc(OC(F)(F)F)cc1)c1ccccc1. The van der Waals surface area contributed by atoms with Crippen LogP contribution in [-0.2, 0) is 0 Å². The highest BCUT2D eigenvalue weighted by molar-refractivity contribution is 7.99. The van der Waals surface area contributed by atoms with Crippen LogP contribution >= 0.6 is 11.8 Å². The summed E-state index contributed by atoms with van der Waals surface area (Å²) in [4.78, 5) is 34.0. The van der Waals surface area contributed by atoms with Crippen molar-refractivity contribution in [3.63, 3.8) is 0 Å². The van der Waals surface area contributed by atoms with E-state index in [1.165, 1.54) is 16.7 Å². The summed E-state index contributed by atoms with van der Waals surface area (Å²) in [6.07, 6.45) is -4.83. The van der Waals surface area contributed by atoms with Crippen LogP contribution in [0.5, 0.6) is 5.75 Å². The predicted octanol–water partition coefficient (Wildman–Crippen LogP) is 5.74. The third-order valence-electron chi connectivity index (χ3n) is 5.25. The Balaban J connectivity index is 1.60. The fourth-order valence-corrected chi connectivity index (χ4v) is 4.60. The van der Waals surface area contributed by atoms with Crippen LogP contribution in [0.1, 0.15) is 10.4 Å². The van der Waals surface area contributed by atoms with Gasteiger partial charge in [-0.3, -0.25) is 14.2 Å². The summed E-state index contributed by atoms with van der Waals surface area (Å²) in [6, 6.07) is 20.9. The molecule has 0 saturated carbocycles. The number of thioether (sulfide) groups is 1. The molecule has 10 heteroatoms. The first kappa shape index (κ1) is 22.7. The number of nitrogens with zero attached hydrogens (tertiary/aromatic N) is 2. The van der Waals surface area contributed by atoms with Gasteiger partial charge in [-0.2, -0.15) is 0 Å². The minimum atomic E-state index is -4.83. The zero-order chi connectivity index (χ0) is 24.6. The Morgan fingerprint density at radius 3 is 2.37 bits per heavy atom. The van der Waals surface area contributed by atoms with Crippen LogP contribution in [0.15, 0.2) is 88.8 Å². The number of benzene rings is 3. The Labute approximate surface area is 200 Å². The molecule has 3 aromatic carbocycles. The smallest absolute Gasteiger partial charge is 0.406 e. The zero-order valence-corrected chi connectivity index (χ0v) is 18.7. The molecule has 0 radical (unpaired) electrons. The lowest BCUT2D eigenvalue weighted by Crippen LogP contribution is -2.22. The second-order valence-corrected chi connectivity index (χ2v) is 8.49. The van der Waals surface area contributed by atoms with Crippen LogP contribution in [0.25, 0.3) is 27.6 Å². The molecule has 2 heterocycles. The number of para-hydroxylation sites is 1. The summed E-state index contributed by atoms with van der Waals surface area (Å²) in [5.41, 5.74) is 1.79. The standard InChI is InChI=1S/C25H16F3N3O3S/c26-25(27,28)34-17-12-10-16(11-13-17)31-23(33)22-21(18-8-4-5-9-19(18)29-22)30-24(31)35-14-20(32)15-6-2-1-3-7-15/h1-13,29H,14H2. The summed E-state index contributed by atoms with van der Waals surface area (Å²) in [5, 5.41) is 0.984. The number of hydrogen-bond acceptors (Lipinski definition) is 5. The second-order valence-electron chi connectivity index (χ2n) is 7.55. The van der Waals surface area contributed by atoms with E-state index in [0.717, 1.165) is 34.8 Å². The summed E-state index contributed by atoms with van der Waals surface area (Å²) in [6.45, 7) is 0. The molecule has 5 aromatic rings. The van der Waals surface area contributed by atoms with E-state index in [-0.39, 0.29) is 27.9 Å². The molecule has 0 unspecified atom stereocenters. The molecule has 176 valence electrons. The van der Waals surface area contributed by atoms with E-state index in [1.807, 2.05) is 24.3 Å². The van der Waals surface area contributed by atoms with Crippen molar-refractivity contribution in [2.75, 3.05) is 5.75 Å². The maximum Gasteiger partial charge on any atom is 0.573 e. The van der Waals surface area contributed by atoms with Gasteiger partial charge in [-0.25, -0.2) is 4.98 Å². The molecular weight excluding hydrogens is 479 g/mol. The first-order chi connectivity index (χ1) is 16.8. The highest BCUT2D eigenvalue weighted by Gasteiger charge is 2.31. The molecule has 0 fully saturated rings. The number of alkyl halides is 3. The molecule has 0 spiro atoms. The highest BCUT2D eigenvalue weighted by Crippen LogP contribution is 2.28. The summed E-state index contributed by atoms with van der Waals surface area (Å²) >= 11 is 1.08. The van der Waals surface area contributed by atoms with E-state index >= 15 is 0 Å². The fraction of sp³-hybridized carbons (Fsp3) is 0.0800. The summed E-state index contributed by atoms with van der Waals surface area (Å²) < 4.78 is 42.9. The van der Waals surface area contributed by atoms with Crippen LogP contribution in [0.3, 0.4) is 0 Å². The molecule has 6 nitrogen and oxygen atoms in total. The van der Waals surface area contributed by atoms with Crippen molar-refractivity contribution >= 4 is 39.5 Å². The van der Waals surface area contributed by atoms with Gasteiger partial charge in [0.1, 0.15) is 16.8 Å². The summed E-state index contributed by atoms with van der Waals surface area (Å²) in [7, 11) is 0. The lowest BCUT2D eigenvalue weighted by atomic mass is 10.2. The molecule has 0 amide bonds. The topological polar surface area (TPSA) is 77.0 Å². The third-order valence-corrected chi connectivity index (χ3v) is 6.19. The van der Waals surface area contributed by atoms with E-state index < -0.39 is 17.7 Å². The van der Waals surface area contributed by atoms with Crippen molar-refractivity contribution in [1.82, 2.24) is 14.5 Å². The van der Waals surface area contributed by atoms with Gasteiger partial charge in [0, 0.05) is 16.5 Å². The van der Waals surface area contributed by atoms with E-state index in [1.54, 1.807) is 30.3 Å².